The molecule has 0 heterocycles. The fourth-order valence-corrected chi connectivity index (χ4v) is 2.47. The number of halogens is 2. The lowest BCUT2D eigenvalue weighted by Gasteiger charge is -2.05. The number of nitrogens with one attached hydrogen (secondary N) is 1. The minimum atomic E-state index is -0.767. The number of anilines is 1. The highest BCUT2D eigenvalue weighted by atomic mass is 79.9. The molecule has 0 aromatic heterocycles. The lowest BCUT2D eigenvalue weighted by molar-refractivity contribution is -0.386. The third-order valence-corrected chi connectivity index (χ3v) is 3.90. The molecule has 25 heavy (non-hydrogen) atoms. The highest BCUT2D eigenvalue weighted by molar-refractivity contribution is 9.10. The van der Waals surface area contributed by atoms with Crippen LogP contribution in [0.4, 0.5) is 11.4 Å². The minimum absolute atomic E-state index is 0.0725. The minimum Gasteiger partial charge on any atom is -0.501 e. The van der Waals surface area contributed by atoms with Gasteiger partial charge in [-0.1, -0.05) is 11.6 Å². The number of aromatic hydroxyl groups is 1. The average molecular weight is 423 g/mol. The van der Waals surface area contributed by atoms with Gasteiger partial charge in [0.1, 0.15) is 11.6 Å². The van der Waals surface area contributed by atoms with Gasteiger partial charge in [0.2, 0.25) is 5.75 Å². The van der Waals surface area contributed by atoms with Gasteiger partial charge in [0.15, 0.2) is 0 Å². The molecule has 0 unspecified atom stereocenters. The molecule has 2 rings (SSSR count). The van der Waals surface area contributed by atoms with Crippen LogP contribution in [0.2, 0.25) is 5.02 Å². The topological polar surface area (TPSA) is 116 Å². The molecule has 0 bridgehead atoms. The smallest absolute Gasteiger partial charge is 0.312 e. The van der Waals surface area contributed by atoms with E-state index in [1.807, 2.05) is 0 Å². The van der Waals surface area contributed by atoms with Crippen molar-refractivity contribution >= 4 is 50.9 Å². The van der Waals surface area contributed by atoms with Crippen LogP contribution in [0.25, 0.3) is 6.08 Å². The Bertz CT molecular complexity index is 920. The predicted molar refractivity (Wildman–Crippen MR) is 96.1 cm³/mol. The number of carbonyl (C=O) groups excluding carboxylic acids is 1. The molecular formula is C16H9BrClN3O4. The van der Waals surface area contributed by atoms with E-state index in [4.69, 9.17) is 11.6 Å². The summed E-state index contributed by atoms with van der Waals surface area (Å²) in [5, 5.41) is 32.8. The number of amides is 1. The van der Waals surface area contributed by atoms with Crippen LogP contribution in [0.15, 0.2) is 46.4 Å². The van der Waals surface area contributed by atoms with Crippen LogP contribution in [0.3, 0.4) is 0 Å². The number of phenolic OH excluding ortho intramolecular Hbond substituents is 1. The molecule has 9 heteroatoms. The van der Waals surface area contributed by atoms with Crippen molar-refractivity contribution in [3.63, 3.8) is 0 Å². The second kappa shape index (κ2) is 7.79. The number of nitro benzene ring substituents is 1. The monoisotopic (exact) mass is 421 g/mol. The molecule has 2 aromatic carbocycles. The Balaban J connectivity index is 2.34. The summed E-state index contributed by atoms with van der Waals surface area (Å²) < 4.78 is 0.0725. The Kier molecular flexibility index (Phi) is 5.75. The Morgan fingerprint density at radius 3 is 2.56 bits per heavy atom. The van der Waals surface area contributed by atoms with Crippen molar-refractivity contribution in [3.05, 3.63) is 67.1 Å². The number of nitrogens with zero attached hydrogens (tertiary/aromatic N) is 2. The van der Waals surface area contributed by atoms with Crippen molar-refractivity contribution in [2.45, 2.75) is 0 Å². The first-order chi connectivity index (χ1) is 11.8. The van der Waals surface area contributed by atoms with E-state index in [1.165, 1.54) is 12.1 Å². The largest absolute Gasteiger partial charge is 0.501 e. The van der Waals surface area contributed by atoms with Crippen LogP contribution in [0, 0.1) is 21.4 Å². The molecule has 0 atom stereocenters. The number of benzene rings is 2. The molecule has 2 N–H and O–H groups in total. The third-order valence-electron chi connectivity index (χ3n) is 3.04. The van der Waals surface area contributed by atoms with Gasteiger partial charge in [-0.05, 0) is 57.9 Å². The van der Waals surface area contributed by atoms with E-state index >= 15 is 0 Å². The van der Waals surface area contributed by atoms with Gasteiger partial charge in [-0.2, -0.15) is 5.26 Å². The van der Waals surface area contributed by atoms with Crippen LogP contribution in [0.5, 0.6) is 5.75 Å². The van der Waals surface area contributed by atoms with Gasteiger partial charge in [-0.25, -0.2) is 0 Å². The highest BCUT2D eigenvalue weighted by Gasteiger charge is 2.18. The van der Waals surface area contributed by atoms with Crippen LogP contribution in [-0.2, 0) is 4.79 Å². The number of hydrogen-bond acceptors (Lipinski definition) is 5. The fraction of sp³-hybridized carbons (Fsp3) is 0. The van der Waals surface area contributed by atoms with Gasteiger partial charge in [-0.15, -0.1) is 0 Å². The molecular weight excluding hydrogens is 414 g/mol. The van der Waals surface area contributed by atoms with Crippen molar-refractivity contribution in [3.8, 4) is 11.8 Å². The molecule has 0 fully saturated rings. The summed E-state index contributed by atoms with van der Waals surface area (Å²) in [5.74, 6) is -1.22. The first kappa shape index (κ1) is 18.4. The van der Waals surface area contributed by atoms with E-state index in [9.17, 15) is 25.3 Å². The first-order valence-corrected chi connectivity index (χ1v) is 7.84. The fourth-order valence-electron chi connectivity index (χ4n) is 1.87. The molecule has 1 amide bonds. The summed E-state index contributed by atoms with van der Waals surface area (Å²) in [6, 6.07) is 10.4. The van der Waals surface area contributed by atoms with Crippen molar-refractivity contribution in [2.75, 3.05) is 5.32 Å². The lowest BCUT2D eigenvalue weighted by Crippen LogP contribution is -2.13. The zero-order chi connectivity index (χ0) is 18.6. The third kappa shape index (κ3) is 4.56. The van der Waals surface area contributed by atoms with E-state index in [0.717, 1.165) is 6.07 Å². The molecule has 0 saturated carbocycles. The summed E-state index contributed by atoms with van der Waals surface area (Å²) in [6.45, 7) is 0. The Hall–Kier alpha value is -2.89. The van der Waals surface area contributed by atoms with E-state index in [1.54, 1.807) is 30.3 Å². The molecule has 0 radical (unpaired) electrons. The Labute approximate surface area is 155 Å². The maximum atomic E-state index is 12.2. The maximum absolute atomic E-state index is 12.2. The van der Waals surface area contributed by atoms with Gasteiger partial charge in [0.05, 0.1) is 9.40 Å². The SMILES string of the molecule is N#C/C(=C/c1cc(Br)c(O)c([N+](=O)[O-])c1)C(=O)Nc1ccc(Cl)cc1. The van der Waals surface area contributed by atoms with Crippen LogP contribution >= 0.6 is 27.5 Å². The van der Waals surface area contributed by atoms with E-state index in [2.05, 4.69) is 21.2 Å². The molecule has 7 nitrogen and oxygen atoms in total. The van der Waals surface area contributed by atoms with Crippen molar-refractivity contribution < 1.29 is 14.8 Å². The summed E-state index contributed by atoms with van der Waals surface area (Å²) >= 11 is 8.75. The van der Waals surface area contributed by atoms with Crippen LogP contribution < -0.4 is 5.32 Å². The van der Waals surface area contributed by atoms with Crippen LogP contribution in [0.1, 0.15) is 5.56 Å². The first-order valence-electron chi connectivity index (χ1n) is 6.67. The van der Waals surface area contributed by atoms with Crippen molar-refractivity contribution in [1.29, 1.82) is 5.26 Å². The molecule has 0 aliphatic carbocycles. The molecule has 0 spiro atoms. The second-order valence-corrected chi connectivity index (χ2v) is 6.05. The molecule has 0 aliphatic rings. The normalized spacial score (nSPS) is 10.8. The number of carbonyl (C=O) groups is 1. The summed E-state index contributed by atoms with van der Waals surface area (Å²) in [6.07, 6.45) is 1.18. The van der Waals surface area contributed by atoms with E-state index < -0.39 is 22.3 Å². The van der Waals surface area contributed by atoms with Gasteiger partial charge in [0.25, 0.3) is 5.91 Å². The molecule has 0 saturated heterocycles. The molecule has 2 aromatic rings. The number of nitriles is 1. The van der Waals surface area contributed by atoms with E-state index in [-0.39, 0.29) is 15.6 Å². The van der Waals surface area contributed by atoms with Gasteiger partial charge in [0, 0.05) is 16.8 Å². The Morgan fingerprint density at radius 1 is 1.36 bits per heavy atom. The van der Waals surface area contributed by atoms with Gasteiger partial charge >= 0.3 is 5.69 Å². The van der Waals surface area contributed by atoms with Crippen molar-refractivity contribution in [2.24, 2.45) is 0 Å². The summed E-state index contributed by atoms with van der Waals surface area (Å²) in [5.41, 5.74) is -0.162. The van der Waals surface area contributed by atoms with Gasteiger partial charge < -0.3 is 10.4 Å². The standard InChI is InChI=1S/C16H9BrClN3O4/c17-13-6-9(7-14(15(13)22)21(24)25)5-10(8-19)16(23)20-12-3-1-11(18)2-4-12/h1-7,22H,(H,20,23)/b10-5-. The number of hydrogen-bond donors (Lipinski definition) is 2. The van der Waals surface area contributed by atoms with Crippen LogP contribution in [-0.4, -0.2) is 15.9 Å². The number of phenols is 1. The molecule has 0 aliphatic heterocycles. The van der Waals surface area contributed by atoms with Gasteiger partial charge in [-0.3, -0.25) is 14.9 Å². The zero-order valence-corrected chi connectivity index (χ0v) is 14.7. The summed E-state index contributed by atoms with van der Waals surface area (Å²) in [7, 11) is 0. The average Bonchev–Trinajstić information content (AvgIpc) is 2.57. The molecule has 126 valence electrons. The zero-order valence-electron chi connectivity index (χ0n) is 12.4. The Morgan fingerprint density at radius 2 is 2.00 bits per heavy atom. The number of rotatable bonds is 4. The second-order valence-electron chi connectivity index (χ2n) is 4.76. The number of nitro groups is 1. The highest BCUT2D eigenvalue weighted by Crippen LogP contribution is 2.35. The summed E-state index contributed by atoms with van der Waals surface area (Å²) in [4.78, 5) is 22.3. The predicted octanol–water partition coefficient (Wildman–Crippen LogP) is 4.26. The quantitative estimate of drug-likeness (QED) is 0.330. The van der Waals surface area contributed by atoms with Crippen molar-refractivity contribution in [1.82, 2.24) is 0 Å². The lowest BCUT2D eigenvalue weighted by atomic mass is 10.1. The maximum Gasteiger partial charge on any atom is 0.312 e. The van der Waals surface area contributed by atoms with E-state index in [0.29, 0.717) is 10.7 Å².